The fourth-order valence-electron chi connectivity index (χ4n) is 4.94. The Morgan fingerprint density at radius 3 is 2.62 bits per heavy atom. The number of aryl methyl sites for hydroxylation is 1. The number of fused-ring (bicyclic) bond motifs is 1. The lowest BCUT2D eigenvalue weighted by Gasteiger charge is -2.29. The normalized spacial score (nSPS) is 27.1. The largest absolute Gasteiger partial charge is 0.481 e. The number of imidazole rings is 1. The highest BCUT2D eigenvalue weighted by atomic mass is 31.3. The summed E-state index contributed by atoms with van der Waals surface area (Å²) in [4.78, 5) is 25.3. The van der Waals surface area contributed by atoms with Gasteiger partial charge in [0.2, 0.25) is 0 Å². The second-order valence-corrected chi connectivity index (χ2v) is 15.0. The third kappa shape index (κ3) is 7.54. The maximum atomic E-state index is 15.2. The molecular weight excluding hydrogens is 597 g/mol. The molecule has 2 fully saturated rings. The number of anilines is 1. The van der Waals surface area contributed by atoms with Crippen molar-refractivity contribution in [2.24, 2.45) is 5.92 Å². The molecule has 0 amide bonds. The smallest absolute Gasteiger partial charge is 0.461 e. The number of nitrogens with two attached hydrogens (primary N) is 1. The summed E-state index contributed by atoms with van der Waals surface area (Å²) in [5.41, 5.74) is 6.31. The van der Waals surface area contributed by atoms with Gasteiger partial charge in [0.15, 0.2) is 23.9 Å². The molecule has 1 saturated heterocycles. The number of phosphoric ester groups is 1. The number of esters is 1. The van der Waals surface area contributed by atoms with Crippen LogP contribution in [0, 0.1) is 12.8 Å². The minimum Gasteiger partial charge on any atom is -0.461 e. The van der Waals surface area contributed by atoms with Crippen molar-refractivity contribution in [3.05, 3.63) is 12.2 Å². The molecule has 0 bridgehead atoms. The monoisotopic (exact) mass is 636 g/mol. The van der Waals surface area contributed by atoms with E-state index in [0.717, 1.165) is 45.9 Å². The van der Waals surface area contributed by atoms with Gasteiger partial charge >= 0.3 is 13.8 Å². The summed E-state index contributed by atoms with van der Waals surface area (Å²) in [7, 11) is -7.55. The number of aromatic nitrogens is 4. The predicted octanol–water partition coefficient (Wildman–Crippen LogP) is 3.41. The first-order chi connectivity index (χ1) is 19.7. The molecule has 3 unspecified atom stereocenters. The fourth-order valence-corrected chi connectivity index (χ4v) is 8.45. The number of aliphatic hydroxyl groups excluding tert-OH is 1. The first-order valence-corrected chi connectivity index (χ1v) is 17.3. The molecule has 4 rings (SSSR count). The van der Waals surface area contributed by atoms with Gasteiger partial charge in [-0.2, -0.15) is 0 Å². The molecule has 2 aromatic rings. The van der Waals surface area contributed by atoms with Crippen molar-refractivity contribution in [3.63, 3.8) is 0 Å². The Labute approximate surface area is 243 Å². The molecule has 0 aromatic carbocycles. The SMILES string of the molecule is COP(=O)(OC[C@H]1O[C@@H](n2cnc3c(N)nc(C)nc32)[C@H](F)C1O)OP(C)(=O)N[C@H](C(=O)OC1CCCCC1)C(C)C. The number of hydrogen-bond donors (Lipinski definition) is 3. The predicted molar refractivity (Wildman–Crippen MR) is 149 cm³/mol. The third-order valence-corrected chi connectivity index (χ3v) is 10.8. The van der Waals surface area contributed by atoms with Crippen molar-refractivity contribution in [2.75, 3.05) is 26.1 Å². The molecule has 15 nitrogen and oxygen atoms in total. The van der Waals surface area contributed by atoms with Gasteiger partial charge in [-0.15, -0.1) is 0 Å². The number of nitrogens with one attached hydrogen (secondary N) is 1. The van der Waals surface area contributed by atoms with Crippen LogP contribution in [0.2, 0.25) is 0 Å². The van der Waals surface area contributed by atoms with E-state index in [1.807, 2.05) is 0 Å². The lowest BCUT2D eigenvalue weighted by atomic mass is 9.97. The quantitative estimate of drug-likeness (QED) is 0.226. The van der Waals surface area contributed by atoms with Crippen LogP contribution in [0.5, 0.6) is 0 Å². The second-order valence-electron chi connectivity index (χ2n) is 10.9. The highest BCUT2D eigenvalue weighted by Gasteiger charge is 2.48. The van der Waals surface area contributed by atoms with Crippen LogP contribution in [-0.4, -0.2) is 81.5 Å². The van der Waals surface area contributed by atoms with Crippen molar-refractivity contribution in [3.8, 4) is 0 Å². The van der Waals surface area contributed by atoms with Gasteiger partial charge in [-0.05, 0) is 38.5 Å². The van der Waals surface area contributed by atoms with Gasteiger partial charge in [0.1, 0.15) is 35.7 Å². The van der Waals surface area contributed by atoms with E-state index in [2.05, 4.69) is 20.0 Å². The number of phosphoric acid groups is 1. The summed E-state index contributed by atoms with van der Waals surface area (Å²) < 4.78 is 69.8. The summed E-state index contributed by atoms with van der Waals surface area (Å²) in [6.07, 6.45) is -0.757. The van der Waals surface area contributed by atoms with E-state index < -0.39 is 58.6 Å². The lowest BCUT2D eigenvalue weighted by molar-refractivity contribution is -0.153. The van der Waals surface area contributed by atoms with Crippen LogP contribution in [0.1, 0.15) is 58.0 Å². The maximum absolute atomic E-state index is 15.2. The van der Waals surface area contributed by atoms with Gasteiger partial charge in [-0.3, -0.25) is 23.0 Å². The molecule has 236 valence electrons. The molecule has 2 aliphatic rings. The van der Waals surface area contributed by atoms with E-state index in [-0.39, 0.29) is 29.0 Å². The minimum atomic E-state index is -4.55. The standard InChI is InChI=1S/C24H39FN6O9P2/c1-13(2)18(24(33)38-15-9-7-6-8-10-15)30-41(5,34)40-42(35,36-4)37-11-16-20(32)17(25)23(39-16)31-12-27-19-21(26)28-14(3)29-22(19)31/h12-13,15-18,20,23,32H,6-11H2,1-5H3,(H,30,34)(H2,26,28,29)/t16-,17-,18+,20?,23-,41?,42?/m1/s1. The summed E-state index contributed by atoms with van der Waals surface area (Å²) in [6, 6.07) is -1.02. The summed E-state index contributed by atoms with van der Waals surface area (Å²) >= 11 is 0. The highest BCUT2D eigenvalue weighted by Crippen LogP contribution is 2.61. The molecule has 1 saturated carbocycles. The Morgan fingerprint density at radius 1 is 1.29 bits per heavy atom. The number of aliphatic hydroxyl groups is 1. The second kappa shape index (κ2) is 13.3. The highest BCUT2D eigenvalue weighted by molar-refractivity contribution is 7.66. The minimum absolute atomic E-state index is 0.0998. The molecule has 7 atom stereocenters. The van der Waals surface area contributed by atoms with E-state index >= 15 is 4.39 Å². The molecule has 1 aliphatic heterocycles. The van der Waals surface area contributed by atoms with Crippen LogP contribution in [-0.2, 0) is 36.8 Å². The first-order valence-electron chi connectivity index (χ1n) is 13.8. The topological polar surface area (TPSA) is 199 Å². The summed E-state index contributed by atoms with van der Waals surface area (Å²) in [5.74, 6) is -0.506. The number of hydrogen-bond acceptors (Lipinski definition) is 13. The van der Waals surface area contributed by atoms with E-state index in [4.69, 9.17) is 28.6 Å². The number of alkyl halides is 1. The summed E-state index contributed by atoms with van der Waals surface area (Å²) in [5, 5.41) is 13.1. The molecule has 18 heteroatoms. The molecule has 1 aliphatic carbocycles. The average Bonchev–Trinajstić information content (AvgIpc) is 3.46. The maximum Gasteiger partial charge on any atom is 0.481 e. The molecule has 42 heavy (non-hydrogen) atoms. The number of rotatable bonds is 12. The number of nitrogen functional groups attached to an aromatic ring is 1. The van der Waals surface area contributed by atoms with Crippen LogP contribution in [0.25, 0.3) is 11.2 Å². The van der Waals surface area contributed by atoms with Crippen molar-refractivity contribution in [1.29, 1.82) is 0 Å². The fraction of sp³-hybridized carbons (Fsp3) is 0.750. The Balaban J connectivity index is 1.40. The van der Waals surface area contributed by atoms with Crippen LogP contribution < -0.4 is 10.8 Å². The van der Waals surface area contributed by atoms with Crippen LogP contribution >= 0.6 is 15.3 Å². The average molecular weight is 637 g/mol. The van der Waals surface area contributed by atoms with Gasteiger partial charge < -0.3 is 20.3 Å². The van der Waals surface area contributed by atoms with E-state index in [1.165, 1.54) is 10.9 Å². The van der Waals surface area contributed by atoms with Gasteiger partial charge in [-0.25, -0.2) is 33.3 Å². The zero-order valence-electron chi connectivity index (χ0n) is 24.2. The molecule has 0 spiro atoms. The number of ether oxygens (including phenoxy) is 2. The first kappa shape index (κ1) is 32.9. The number of halogens is 1. The third-order valence-electron chi connectivity index (χ3n) is 7.13. The molecule has 4 N–H and O–H groups in total. The Morgan fingerprint density at radius 2 is 1.98 bits per heavy atom. The number of carbonyl (C=O) groups is 1. The van der Waals surface area contributed by atoms with E-state index in [1.54, 1.807) is 20.8 Å². The van der Waals surface area contributed by atoms with Gasteiger partial charge in [0.05, 0.1) is 12.9 Å². The zero-order chi connectivity index (χ0) is 30.8. The van der Waals surface area contributed by atoms with Crippen molar-refractivity contribution >= 4 is 38.3 Å². The van der Waals surface area contributed by atoms with Crippen molar-refractivity contribution in [1.82, 2.24) is 24.6 Å². The molecule has 0 radical (unpaired) electrons. The molecule has 2 aromatic heterocycles. The summed E-state index contributed by atoms with van der Waals surface area (Å²) in [6.45, 7) is 5.55. The van der Waals surface area contributed by atoms with Crippen molar-refractivity contribution in [2.45, 2.75) is 89.6 Å². The Hall–Kier alpha value is -2.03. The Kier molecular flexibility index (Phi) is 10.4. The van der Waals surface area contributed by atoms with E-state index in [0.29, 0.717) is 5.82 Å². The van der Waals surface area contributed by atoms with Crippen LogP contribution in [0.3, 0.4) is 0 Å². The lowest BCUT2D eigenvalue weighted by Crippen LogP contribution is -2.42. The Bertz CT molecular complexity index is 1360. The number of carbonyl (C=O) groups excluding carboxylic acids is 1. The number of nitrogens with zero attached hydrogens (tertiary/aromatic N) is 4. The molecular formula is C24H39FN6O9P2. The van der Waals surface area contributed by atoms with E-state index in [9.17, 15) is 19.0 Å². The van der Waals surface area contributed by atoms with Gasteiger partial charge in [0, 0.05) is 13.8 Å². The van der Waals surface area contributed by atoms with Crippen molar-refractivity contribution < 1.29 is 46.3 Å². The van der Waals surface area contributed by atoms with Crippen LogP contribution in [0.4, 0.5) is 10.2 Å². The molecule has 3 heterocycles. The van der Waals surface area contributed by atoms with Gasteiger partial charge in [0.25, 0.3) is 7.52 Å². The van der Waals surface area contributed by atoms with Crippen LogP contribution in [0.15, 0.2) is 6.33 Å². The van der Waals surface area contributed by atoms with Gasteiger partial charge in [-0.1, -0.05) is 20.3 Å². The zero-order valence-corrected chi connectivity index (χ0v) is 26.0.